The summed E-state index contributed by atoms with van der Waals surface area (Å²) < 4.78 is 5.97. The fraction of sp³-hybridized carbons (Fsp3) is 0.0286. The monoisotopic (exact) mass is 681 g/mol. The van der Waals surface area contributed by atoms with Crippen LogP contribution < -0.4 is 0 Å². The van der Waals surface area contributed by atoms with Crippen molar-refractivity contribution in [2.45, 2.75) is 6.42 Å². The minimum Gasteiger partial charge on any atom is -0.501 e. The maximum Gasteiger partial charge on any atom is 0.120 e. The normalized spacial score (nSPS) is 10.5. The van der Waals surface area contributed by atoms with Gasteiger partial charge in [0.05, 0.1) is 5.58 Å². The molecule has 0 aliphatic carbocycles. The van der Waals surface area contributed by atoms with Crippen LogP contribution in [0.15, 0.2) is 138 Å². The van der Waals surface area contributed by atoms with E-state index >= 15 is 0 Å². The number of hydrogen-bond acceptors (Lipinski definition) is 3. The smallest absolute Gasteiger partial charge is 0.120 e. The van der Waals surface area contributed by atoms with Crippen LogP contribution in [0.3, 0.4) is 0 Å². The van der Waals surface area contributed by atoms with E-state index in [-0.39, 0.29) is 20.1 Å². The largest absolute Gasteiger partial charge is 0.501 e. The first-order chi connectivity index (χ1) is 18.8. The van der Waals surface area contributed by atoms with E-state index in [0.717, 1.165) is 50.9 Å². The summed E-state index contributed by atoms with van der Waals surface area (Å²) in [5, 5.41) is 2.23. The molecule has 0 saturated carbocycles. The van der Waals surface area contributed by atoms with Gasteiger partial charge in [-0.1, -0.05) is 83.7 Å². The average Bonchev–Trinajstić information content (AvgIpc) is 3.38. The minimum atomic E-state index is 0. The van der Waals surface area contributed by atoms with Crippen molar-refractivity contribution in [3.05, 3.63) is 157 Å². The van der Waals surface area contributed by atoms with Gasteiger partial charge in [0, 0.05) is 37.9 Å². The van der Waals surface area contributed by atoms with Gasteiger partial charge in [0.1, 0.15) is 5.58 Å². The zero-order valence-corrected chi connectivity index (χ0v) is 23.4. The Hall–Kier alpha value is -4.37. The number of fused-ring (bicyclic) bond motifs is 3. The molecule has 3 nitrogen and oxygen atoms in total. The summed E-state index contributed by atoms with van der Waals surface area (Å²) in [5.74, 6) is 0. The number of rotatable bonds is 4. The fourth-order valence-electron chi connectivity index (χ4n) is 4.52. The zero-order chi connectivity index (χ0) is 25.6. The van der Waals surface area contributed by atoms with Gasteiger partial charge in [0.15, 0.2) is 0 Å². The summed E-state index contributed by atoms with van der Waals surface area (Å²) in [6.07, 6.45) is 4.53. The summed E-state index contributed by atoms with van der Waals surface area (Å²) in [6, 6.07) is 47.0. The Balaban J connectivity index is 0.000000154. The molecule has 3 aromatic heterocycles. The van der Waals surface area contributed by atoms with Crippen molar-refractivity contribution < 1.29 is 24.5 Å². The molecule has 0 atom stereocenters. The molecule has 3 heterocycles. The molecule has 0 saturated heterocycles. The second-order valence-electron chi connectivity index (χ2n) is 8.90. The van der Waals surface area contributed by atoms with Crippen LogP contribution in [0.5, 0.6) is 0 Å². The van der Waals surface area contributed by atoms with Gasteiger partial charge in [-0.05, 0) is 41.6 Å². The second-order valence-corrected chi connectivity index (χ2v) is 8.90. The van der Waals surface area contributed by atoms with Crippen LogP contribution in [-0.2, 0) is 26.5 Å². The van der Waals surface area contributed by atoms with Gasteiger partial charge in [0.2, 0.25) is 0 Å². The third-order valence-corrected chi connectivity index (χ3v) is 6.32. The molecule has 7 rings (SSSR count). The van der Waals surface area contributed by atoms with Crippen LogP contribution in [0, 0.1) is 12.1 Å². The van der Waals surface area contributed by atoms with Gasteiger partial charge in [-0.25, -0.2) is 0 Å². The summed E-state index contributed by atoms with van der Waals surface area (Å²) in [7, 11) is 0. The Kier molecular flexibility index (Phi) is 8.38. The number of furan rings is 1. The van der Waals surface area contributed by atoms with E-state index < -0.39 is 0 Å². The number of aromatic nitrogens is 2. The Labute approximate surface area is 241 Å². The van der Waals surface area contributed by atoms with Gasteiger partial charge in [-0.2, -0.15) is 0 Å². The van der Waals surface area contributed by atoms with Gasteiger partial charge in [-0.3, -0.25) is 0 Å². The number of benzene rings is 4. The molecule has 1 radical (unpaired) electrons. The van der Waals surface area contributed by atoms with Gasteiger partial charge >= 0.3 is 0 Å². The predicted molar refractivity (Wildman–Crippen MR) is 154 cm³/mol. The molecule has 0 amide bonds. The van der Waals surface area contributed by atoms with Crippen molar-refractivity contribution in [1.82, 2.24) is 9.97 Å². The summed E-state index contributed by atoms with van der Waals surface area (Å²) >= 11 is 0. The van der Waals surface area contributed by atoms with Crippen molar-refractivity contribution in [1.29, 1.82) is 0 Å². The van der Waals surface area contributed by atoms with Crippen molar-refractivity contribution in [2.75, 3.05) is 0 Å². The molecular formula is C35H24IrN2O-2. The van der Waals surface area contributed by atoms with Gasteiger partial charge in [-0.15, -0.1) is 53.6 Å². The van der Waals surface area contributed by atoms with Crippen molar-refractivity contribution in [3.8, 4) is 22.5 Å². The van der Waals surface area contributed by atoms with Crippen LogP contribution in [0.4, 0.5) is 0 Å². The Morgan fingerprint density at radius 1 is 0.590 bits per heavy atom. The minimum absolute atomic E-state index is 0. The van der Waals surface area contributed by atoms with E-state index in [0.29, 0.717) is 0 Å². The zero-order valence-electron chi connectivity index (χ0n) is 21.0. The third kappa shape index (κ3) is 6.04. The summed E-state index contributed by atoms with van der Waals surface area (Å²) in [6.45, 7) is 0. The molecule has 0 unspecified atom stereocenters. The summed E-state index contributed by atoms with van der Waals surface area (Å²) in [5.41, 5.74) is 8.16. The Morgan fingerprint density at radius 3 is 2.05 bits per heavy atom. The topological polar surface area (TPSA) is 38.9 Å². The quantitative estimate of drug-likeness (QED) is 0.175. The van der Waals surface area contributed by atoms with Crippen LogP contribution in [0.2, 0.25) is 0 Å². The second kappa shape index (κ2) is 12.4. The molecule has 0 fully saturated rings. The molecule has 0 aliphatic heterocycles. The van der Waals surface area contributed by atoms with Gasteiger partial charge in [0.25, 0.3) is 0 Å². The van der Waals surface area contributed by atoms with E-state index in [1.807, 2.05) is 85.1 Å². The maximum absolute atomic E-state index is 5.97. The molecule has 0 aliphatic rings. The Morgan fingerprint density at radius 2 is 1.28 bits per heavy atom. The van der Waals surface area contributed by atoms with E-state index in [9.17, 15) is 0 Å². The molecule has 0 bridgehead atoms. The molecule has 4 aromatic carbocycles. The molecule has 39 heavy (non-hydrogen) atoms. The maximum atomic E-state index is 5.97. The number of hydrogen-bond donors (Lipinski definition) is 0. The summed E-state index contributed by atoms with van der Waals surface area (Å²) in [4.78, 5) is 8.74. The fourth-order valence-corrected chi connectivity index (χ4v) is 4.52. The molecule has 0 N–H and O–H groups in total. The molecule has 191 valence electrons. The first kappa shape index (κ1) is 26.2. The average molecular weight is 681 g/mol. The molecule has 4 heteroatoms. The first-order valence-electron chi connectivity index (χ1n) is 12.5. The number of pyridine rings is 2. The van der Waals surface area contributed by atoms with E-state index in [4.69, 9.17) is 4.42 Å². The predicted octanol–water partition coefficient (Wildman–Crippen LogP) is 8.59. The van der Waals surface area contributed by atoms with Crippen LogP contribution in [0.25, 0.3) is 44.5 Å². The van der Waals surface area contributed by atoms with E-state index in [2.05, 4.69) is 64.6 Å². The van der Waals surface area contributed by atoms with E-state index in [1.165, 1.54) is 11.1 Å². The Bertz CT molecular complexity index is 1780. The van der Waals surface area contributed by atoms with E-state index in [1.54, 1.807) is 6.20 Å². The first-order valence-corrected chi connectivity index (χ1v) is 12.5. The SMILES string of the molecule is [Ir].[c-]1ccc(Cc2ccccc2)cc1-c1ccccn1.[c-]1ccc2c(oc3ccccc32)c1-c1ccccn1. The molecule has 0 spiro atoms. The van der Waals surface area contributed by atoms with Crippen LogP contribution >= 0.6 is 0 Å². The third-order valence-electron chi connectivity index (χ3n) is 6.32. The van der Waals surface area contributed by atoms with Gasteiger partial charge < -0.3 is 14.4 Å². The van der Waals surface area contributed by atoms with Crippen LogP contribution in [-0.4, -0.2) is 9.97 Å². The van der Waals surface area contributed by atoms with Crippen LogP contribution in [0.1, 0.15) is 11.1 Å². The van der Waals surface area contributed by atoms with Crippen molar-refractivity contribution in [3.63, 3.8) is 0 Å². The number of nitrogens with zero attached hydrogens (tertiary/aromatic N) is 2. The molecule has 7 aromatic rings. The molecular weight excluding hydrogens is 657 g/mol. The van der Waals surface area contributed by atoms with Crippen molar-refractivity contribution >= 4 is 21.9 Å². The standard InChI is InChI=1S/C18H14N.C17H10NO.Ir/c1-2-7-15(8-3-1)13-16-9-6-10-17(14-16)18-11-4-5-12-19-18;1-2-10-16-12(6-1)13-7-5-8-14(17(13)19-16)15-9-3-4-11-18-15;/h1-9,11-12,14H,13H2;1-7,9-11H;/q2*-1;. The van der Waals surface area contributed by atoms with Crippen molar-refractivity contribution in [2.24, 2.45) is 0 Å². The number of para-hydroxylation sites is 1.